The van der Waals surface area contributed by atoms with Crippen molar-refractivity contribution in [2.45, 2.75) is 32.5 Å². The zero-order valence-electron chi connectivity index (χ0n) is 13.4. The Labute approximate surface area is 137 Å². The first-order valence-electron chi connectivity index (χ1n) is 7.15. The van der Waals surface area contributed by atoms with Crippen LogP contribution in [0.25, 0.3) is 0 Å². The second-order valence-electron chi connectivity index (χ2n) is 6.21. The number of carbonyl (C=O) groups is 1. The number of benzene rings is 1. The Morgan fingerprint density at radius 2 is 1.58 bits per heavy atom. The average Bonchev–Trinajstić information content (AvgIpc) is 2.46. The molecule has 0 aliphatic rings. The van der Waals surface area contributed by atoms with E-state index in [9.17, 15) is 18.0 Å². The maximum absolute atomic E-state index is 12.5. The first-order valence-corrected chi connectivity index (χ1v) is 7.15. The summed E-state index contributed by atoms with van der Waals surface area (Å²) in [5.74, 6) is -0.0295. The van der Waals surface area contributed by atoms with Crippen LogP contribution in [0, 0.1) is 0 Å². The summed E-state index contributed by atoms with van der Waals surface area (Å²) in [5.41, 5.74) is -0.531. The summed E-state index contributed by atoms with van der Waals surface area (Å²) in [6.45, 7) is 5.54. The molecule has 2 rings (SSSR count). The molecule has 1 aromatic carbocycles. The van der Waals surface area contributed by atoms with Crippen molar-refractivity contribution in [2.24, 2.45) is 0 Å². The molecule has 0 radical (unpaired) electrons. The highest BCUT2D eigenvalue weighted by Gasteiger charge is 2.29. The topological polar surface area (TPSA) is 66.9 Å². The minimum Gasteiger partial charge on any atom is -0.346 e. The van der Waals surface area contributed by atoms with Crippen LogP contribution in [0.15, 0.2) is 36.4 Å². The Hall–Kier alpha value is -2.64. The van der Waals surface area contributed by atoms with Crippen LogP contribution in [0.1, 0.15) is 36.8 Å². The number of aromatic nitrogens is 2. The molecule has 0 bridgehead atoms. The van der Waals surface area contributed by atoms with Crippen LogP contribution in [-0.4, -0.2) is 21.6 Å². The molecule has 2 N–H and O–H groups in total. The minimum atomic E-state index is -4.37. The molecule has 1 aromatic heterocycles. The van der Waals surface area contributed by atoms with Gasteiger partial charge in [-0.25, -0.2) is 0 Å². The van der Waals surface area contributed by atoms with Gasteiger partial charge in [0.15, 0.2) is 11.5 Å². The molecule has 0 atom stereocenters. The predicted octanol–water partition coefficient (Wildman–Crippen LogP) is 3.77. The number of rotatable bonds is 3. The van der Waals surface area contributed by atoms with Gasteiger partial charge in [0, 0.05) is 11.2 Å². The van der Waals surface area contributed by atoms with Gasteiger partial charge in [-0.05, 0) is 57.2 Å². The van der Waals surface area contributed by atoms with E-state index in [0.29, 0.717) is 11.5 Å². The van der Waals surface area contributed by atoms with Crippen LogP contribution in [0.3, 0.4) is 0 Å². The highest BCUT2D eigenvalue weighted by molar-refractivity contribution is 5.92. The van der Waals surface area contributed by atoms with Crippen LogP contribution >= 0.6 is 0 Å². The smallest absolute Gasteiger partial charge is 0.346 e. The summed E-state index contributed by atoms with van der Waals surface area (Å²) < 4.78 is 37.5. The zero-order valence-corrected chi connectivity index (χ0v) is 13.4. The van der Waals surface area contributed by atoms with Gasteiger partial charge in [0.1, 0.15) is 0 Å². The highest BCUT2D eigenvalue weighted by Crippen LogP contribution is 2.30. The van der Waals surface area contributed by atoms with E-state index in [4.69, 9.17) is 0 Å². The number of anilines is 2. The van der Waals surface area contributed by atoms with Crippen LogP contribution in [-0.2, 0) is 6.18 Å². The SMILES string of the molecule is CC(C)(C)NC(=O)c1ccc(Nc2ccc(C(F)(F)F)cc2)nn1. The summed E-state index contributed by atoms with van der Waals surface area (Å²) in [6.07, 6.45) is -4.37. The molecule has 0 aliphatic carbocycles. The van der Waals surface area contributed by atoms with Crippen LogP contribution in [0.5, 0.6) is 0 Å². The first-order chi connectivity index (χ1) is 11.0. The van der Waals surface area contributed by atoms with Crippen molar-refractivity contribution in [3.05, 3.63) is 47.7 Å². The average molecular weight is 338 g/mol. The monoisotopic (exact) mass is 338 g/mol. The Balaban J connectivity index is 2.05. The van der Waals surface area contributed by atoms with Crippen molar-refractivity contribution in [3.8, 4) is 0 Å². The van der Waals surface area contributed by atoms with Crippen molar-refractivity contribution in [1.29, 1.82) is 0 Å². The Morgan fingerprint density at radius 1 is 0.958 bits per heavy atom. The molecular weight excluding hydrogens is 321 g/mol. The Kier molecular flexibility index (Phi) is 4.77. The number of amides is 1. The summed E-state index contributed by atoms with van der Waals surface area (Å²) in [4.78, 5) is 11.9. The number of hydrogen-bond acceptors (Lipinski definition) is 4. The van der Waals surface area contributed by atoms with Gasteiger partial charge in [0.2, 0.25) is 0 Å². The van der Waals surface area contributed by atoms with Gasteiger partial charge in [0.05, 0.1) is 5.56 Å². The van der Waals surface area contributed by atoms with E-state index in [0.717, 1.165) is 12.1 Å². The molecule has 2 aromatic rings. The van der Waals surface area contributed by atoms with Crippen LogP contribution in [0.2, 0.25) is 0 Å². The fourth-order valence-corrected chi connectivity index (χ4v) is 1.82. The molecule has 0 fully saturated rings. The number of alkyl halides is 3. The van der Waals surface area contributed by atoms with E-state index < -0.39 is 17.3 Å². The molecule has 0 saturated heterocycles. The second-order valence-corrected chi connectivity index (χ2v) is 6.21. The lowest BCUT2D eigenvalue weighted by atomic mass is 10.1. The van der Waals surface area contributed by atoms with E-state index in [1.807, 2.05) is 20.8 Å². The molecule has 0 aliphatic heterocycles. The van der Waals surface area contributed by atoms with E-state index in [1.54, 1.807) is 0 Å². The number of halogens is 3. The number of nitrogens with zero attached hydrogens (tertiary/aromatic N) is 2. The molecule has 8 heteroatoms. The quantitative estimate of drug-likeness (QED) is 0.894. The van der Waals surface area contributed by atoms with Crippen LogP contribution in [0.4, 0.5) is 24.7 Å². The van der Waals surface area contributed by atoms with Gasteiger partial charge in [-0.15, -0.1) is 10.2 Å². The molecule has 128 valence electrons. The van der Waals surface area contributed by atoms with Crippen molar-refractivity contribution in [1.82, 2.24) is 15.5 Å². The molecule has 5 nitrogen and oxygen atoms in total. The molecule has 0 saturated carbocycles. The van der Waals surface area contributed by atoms with E-state index in [1.165, 1.54) is 24.3 Å². The summed E-state index contributed by atoms with van der Waals surface area (Å²) in [7, 11) is 0. The highest BCUT2D eigenvalue weighted by atomic mass is 19.4. The standard InChI is InChI=1S/C16H17F3N4O/c1-15(2,3)21-14(24)12-8-9-13(23-22-12)20-11-6-4-10(5-7-11)16(17,18)19/h4-9H,1-3H3,(H,20,23)(H,21,24). The summed E-state index contributed by atoms with van der Waals surface area (Å²) >= 11 is 0. The largest absolute Gasteiger partial charge is 0.416 e. The predicted molar refractivity (Wildman–Crippen MR) is 84.0 cm³/mol. The minimum absolute atomic E-state index is 0.155. The maximum Gasteiger partial charge on any atom is 0.416 e. The molecule has 0 unspecified atom stereocenters. The first kappa shape index (κ1) is 17.7. The van der Waals surface area contributed by atoms with Gasteiger partial charge in [-0.3, -0.25) is 4.79 Å². The van der Waals surface area contributed by atoms with Gasteiger partial charge in [-0.2, -0.15) is 13.2 Å². The van der Waals surface area contributed by atoms with Crippen molar-refractivity contribution >= 4 is 17.4 Å². The molecular formula is C16H17F3N4O. The van der Waals surface area contributed by atoms with Gasteiger partial charge in [-0.1, -0.05) is 0 Å². The summed E-state index contributed by atoms with van der Waals surface area (Å²) in [5, 5.41) is 13.2. The fraction of sp³-hybridized carbons (Fsp3) is 0.312. The molecule has 24 heavy (non-hydrogen) atoms. The number of hydrogen-bond donors (Lipinski definition) is 2. The van der Waals surface area contributed by atoms with E-state index in [-0.39, 0.29) is 11.6 Å². The van der Waals surface area contributed by atoms with Gasteiger partial charge in [0.25, 0.3) is 5.91 Å². The molecule has 1 heterocycles. The normalized spacial score (nSPS) is 11.9. The van der Waals surface area contributed by atoms with Gasteiger partial charge < -0.3 is 10.6 Å². The van der Waals surface area contributed by atoms with Crippen molar-refractivity contribution < 1.29 is 18.0 Å². The summed E-state index contributed by atoms with van der Waals surface area (Å²) in [6, 6.07) is 7.56. The zero-order chi connectivity index (χ0) is 18.0. The Morgan fingerprint density at radius 3 is 2.04 bits per heavy atom. The third kappa shape index (κ3) is 4.94. The van der Waals surface area contributed by atoms with E-state index in [2.05, 4.69) is 20.8 Å². The Bertz CT molecular complexity index is 704. The number of carbonyl (C=O) groups excluding carboxylic acids is 1. The second kappa shape index (κ2) is 6.46. The van der Waals surface area contributed by atoms with E-state index >= 15 is 0 Å². The lowest BCUT2D eigenvalue weighted by Crippen LogP contribution is -2.41. The molecule has 0 spiro atoms. The molecule has 1 amide bonds. The third-order valence-corrected chi connectivity index (χ3v) is 2.87. The fourth-order valence-electron chi connectivity index (χ4n) is 1.82. The van der Waals surface area contributed by atoms with Gasteiger partial charge >= 0.3 is 6.18 Å². The van der Waals surface area contributed by atoms with Crippen LogP contribution < -0.4 is 10.6 Å². The maximum atomic E-state index is 12.5. The van der Waals surface area contributed by atoms with Crippen molar-refractivity contribution in [3.63, 3.8) is 0 Å². The lowest BCUT2D eigenvalue weighted by Gasteiger charge is -2.19. The number of nitrogens with one attached hydrogen (secondary N) is 2. The van der Waals surface area contributed by atoms with Crippen molar-refractivity contribution in [2.75, 3.05) is 5.32 Å². The lowest BCUT2D eigenvalue weighted by molar-refractivity contribution is -0.137. The third-order valence-electron chi connectivity index (χ3n) is 2.87.